The second-order valence-corrected chi connectivity index (χ2v) is 6.46. The second kappa shape index (κ2) is 6.50. The molecule has 0 radical (unpaired) electrons. The largest absolute Gasteiger partial charge is 0.313 e. The van der Waals surface area contributed by atoms with Crippen LogP contribution in [-0.2, 0) is 9.84 Å². The number of hydrogen-bond acceptors (Lipinski definition) is 3. The number of nitrogens with one attached hydrogen (secondary N) is 1. The van der Waals surface area contributed by atoms with Crippen LogP contribution in [0.25, 0.3) is 0 Å². The predicted molar refractivity (Wildman–Crippen MR) is 71.2 cm³/mol. The Hall–Kier alpha value is -0.650. The minimum Gasteiger partial charge on any atom is -0.313 e. The van der Waals surface area contributed by atoms with Gasteiger partial charge in [-0.3, -0.25) is 0 Å². The molecule has 0 bridgehead atoms. The third kappa shape index (κ3) is 3.93. The fourth-order valence-corrected chi connectivity index (χ4v) is 3.53. The molecule has 0 saturated heterocycles. The van der Waals surface area contributed by atoms with E-state index in [1.807, 2.05) is 13.8 Å². The molecule has 0 spiro atoms. The maximum atomic E-state index is 13.0. The van der Waals surface area contributed by atoms with Gasteiger partial charge in [-0.2, -0.15) is 0 Å². The molecule has 102 valence electrons. The first-order chi connectivity index (χ1) is 8.40. The SMILES string of the molecule is CCNC(CC)CS(=O)(=O)c1ccc(F)c(Cl)c1. The zero-order chi connectivity index (χ0) is 13.8. The number of halogens is 2. The molecular weight excluding hydrogens is 277 g/mol. The summed E-state index contributed by atoms with van der Waals surface area (Å²) >= 11 is 5.60. The van der Waals surface area contributed by atoms with Crippen LogP contribution in [0.5, 0.6) is 0 Å². The van der Waals surface area contributed by atoms with E-state index in [-0.39, 0.29) is 21.7 Å². The van der Waals surface area contributed by atoms with Crippen molar-refractivity contribution in [1.29, 1.82) is 0 Å². The minimum absolute atomic E-state index is 0.0146. The molecule has 0 fully saturated rings. The minimum atomic E-state index is -3.45. The Morgan fingerprint density at radius 2 is 2.06 bits per heavy atom. The number of hydrogen-bond donors (Lipinski definition) is 1. The number of rotatable bonds is 6. The van der Waals surface area contributed by atoms with Crippen LogP contribution in [0.2, 0.25) is 5.02 Å². The second-order valence-electron chi connectivity index (χ2n) is 4.02. The maximum Gasteiger partial charge on any atom is 0.179 e. The fourth-order valence-electron chi connectivity index (χ4n) is 1.64. The van der Waals surface area contributed by atoms with Crippen molar-refractivity contribution in [2.75, 3.05) is 12.3 Å². The van der Waals surface area contributed by atoms with E-state index in [0.29, 0.717) is 13.0 Å². The van der Waals surface area contributed by atoms with Crippen molar-refractivity contribution in [3.05, 3.63) is 29.0 Å². The van der Waals surface area contributed by atoms with Crippen LogP contribution >= 0.6 is 11.6 Å². The molecule has 18 heavy (non-hydrogen) atoms. The monoisotopic (exact) mass is 293 g/mol. The lowest BCUT2D eigenvalue weighted by Gasteiger charge is -2.16. The highest BCUT2D eigenvalue weighted by Gasteiger charge is 2.20. The zero-order valence-corrected chi connectivity index (χ0v) is 12.0. The number of benzene rings is 1. The van der Waals surface area contributed by atoms with E-state index in [2.05, 4.69) is 5.32 Å². The van der Waals surface area contributed by atoms with Gasteiger partial charge in [-0.25, -0.2) is 12.8 Å². The van der Waals surface area contributed by atoms with Crippen LogP contribution in [0.4, 0.5) is 4.39 Å². The normalized spacial score (nSPS) is 13.6. The third-order valence-corrected chi connectivity index (χ3v) is 4.76. The smallest absolute Gasteiger partial charge is 0.179 e. The first-order valence-corrected chi connectivity index (χ1v) is 7.85. The molecule has 1 atom stereocenters. The molecule has 0 aliphatic carbocycles. The van der Waals surface area contributed by atoms with Crippen molar-refractivity contribution in [2.24, 2.45) is 0 Å². The molecule has 1 aromatic carbocycles. The fraction of sp³-hybridized carbons (Fsp3) is 0.500. The van der Waals surface area contributed by atoms with Crippen LogP contribution in [-0.4, -0.2) is 26.8 Å². The van der Waals surface area contributed by atoms with Gasteiger partial charge in [-0.05, 0) is 31.2 Å². The molecule has 0 aliphatic rings. The van der Waals surface area contributed by atoms with E-state index < -0.39 is 15.7 Å². The van der Waals surface area contributed by atoms with Crippen molar-refractivity contribution >= 4 is 21.4 Å². The van der Waals surface area contributed by atoms with E-state index in [1.54, 1.807) is 0 Å². The molecule has 0 amide bonds. The van der Waals surface area contributed by atoms with Gasteiger partial charge in [0.25, 0.3) is 0 Å². The molecule has 0 aliphatic heterocycles. The lowest BCUT2D eigenvalue weighted by molar-refractivity contribution is 0.533. The van der Waals surface area contributed by atoms with E-state index >= 15 is 0 Å². The van der Waals surface area contributed by atoms with Crippen LogP contribution in [0.15, 0.2) is 23.1 Å². The van der Waals surface area contributed by atoms with Gasteiger partial charge in [0, 0.05) is 6.04 Å². The molecule has 1 unspecified atom stereocenters. The third-order valence-electron chi connectivity index (χ3n) is 2.66. The molecule has 0 saturated carbocycles. The standard InChI is InChI=1S/C12H17ClFNO2S/c1-3-9(15-4-2)8-18(16,17)10-5-6-12(14)11(13)7-10/h5-7,9,15H,3-4,8H2,1-2H3. The summed E-state index contributed by atoms with van der Waals surface area (Å²) in [6.45, 7) is 4.54. The quantitative estimate of drug-likeness (QED) is 0.820. The van der Waals surface area contributed by atoms with E-state index in [9.17, 15) is 12.8 Å². The van der Waals surface area contributed by atoms with E-state index in [1.165, 1.54) is 6.07 Å². The average molecular weight is 294 g/mol. The first-order valence-electron chi connectivity index (χ1n) is 5.82. The van der Waals surface area contributed by atoms with Gasteiger partial charge in [-0.15, -0.1) is 0 Å². The molecule has 1 aromatic rings. The molecular formula is C12H17ClFNO2S. The van der Waals surface area contributed by atoms with Crippen molar-refractivity contribution in [3.63, 3.8) is 0 Å². The highest BCUT2D eigenvalue weighted by molar-refractivity contribution is 7.91. The molecule has 0 heterocycles. The van der Waals surface area contributed by atoms with Crippen LogP contribution in [0, 0.1) is 5.82 Å². The highest BCUT2D eigenvalue weighted by Crippen LogP contribution is 2.21. The lowest BCUT2D eigenvalue weighted by atomic mass is 10.2. The average Bonchev–Trinajstić information content (AvgIpc) is 2.31. The van der Waals surface area contributed by atoms with Crippen molar-refractivity contribution < 1.29 is 12.8 Å². The Labute approximate surface area is 112 Å². The molecule has 3 nitrogen and oxygen atoms in total. The summed E-state index contributed by atoms with van der Waals surface area (Å²) in [6.07, 6.45) is 0.710. The van der Waals surface area contributed by atoms with Crippen LogP contribution < -0.4 is 5.32 Å². The zero-order valence-electron chi connectivity index (χ0n) is 10.4. The summed E-state index contributed by atoms with van der Waals surface area (Å²) in [4.78, 5) is 0.0604. The van der Waals surface area contributed by atoms with Crippen molar-refractivity contribution in [1.82, 2.24) is 5.32 Å². The van der Waals surface area contributed by atoms with Gasteiger partial charge in [0.2, 0.25) is 0 Å². The van der Waals surface area contributed by atoms with E-state index in [4.69, 9.17) is 11.6 Å². The molecule has 6 heteroatoms. The van der Waals surface area contributed by atoms with Gasteiger partial charge >= 0.3 is 0 Å². The maximum absolute atomic E-state index is 13.0. The van der Waals surface area contributed by atoms with Crippen LogP contribution in [0.1, 0.15) is 20.3 Å². The van der Waals surface area contributed by atoms with Crippen molar-refractivity contribution in [3.8, 4) is 0 Å². The Kier molecular flexibility index (Phi) is 5.56. The predicted octanol–water partition coefficient (Wildman–Crippen LogP) is 2.64. The Balaban J connectivity index is 2.95. The van der Waals surface area contributed by atoms with Gasteiger partial charge in [0.15, 0.2) is 9.84 Å². The van der Waals surface area contributed by atoms with Gasteiger partial charge in [-0.1, -0.05) is 25.4 Å². The topological polar surface area (TPSA) is 46.2 Å². The van der Waals surface area contributed by atoms with Gasteiger partial charge in [0.1, 0.15) is 5.82 Å². The lowest BCUT2D eigenvalue weighted by Crippen LogP contribution is -2.35. The molecule has 1 rings (SSSR count). The summed E-state index contributed by atoms with van der Waals surface area (Å²) in [7, 11) is -3.45. The Bertz CT molecular complexity index is 505. The summed E-state index contributed by atoms with van der Waals surface area (Å²) in [5.41, 5.74) is 0. The van der Waals surface area contributed by atoms with Crippen molar-refractivity contribution in [2.45, 2.75) is 31.2 Å². The summed E-state index contributed by atoms with van der Waals surface area (Å²) < 4.78 is 37.2. The molecule has 0 aromatic heterocycles. The van der Waals surface area contributed by atoms with Gasteiger partial charge in [0.05, 0.1) is 15.7 Å². The Morgan fingerprint density at radius 3 is 2.56 bits per heavy atom. The Morgan fingerprint density at radius 1 is 1.39 bits per heavy atom. The van der Waals surface area contributed by atoms with Crippen LogP contribution in [0.3, 0.4) is 0 Å². The number of sulfone groups is 1. The van der Waals surface area contributed by atoms with E-state index in [0.717, 1.165) is 12.1 Å². The highest BCUT2D eigenvalue weighted by atomic mass is 35.5. The molecule has 1 N–H and O–H groups in total. The summed E-state index contributed by atoms with van der Waals surface area (Å²) in [5.74, 6) is -0.631. The summed E-state index contributed by atoms with van der Waals surface area (Å²) in [6, 6.07) is 3.37. The first kappa shape index (κ1) is 15.4. The van der Waals surface area contributed by atoms with Gasteiger partial charge < -0.3 is 5.32 Å². The summed E-state index contributed by atoms with van der Waals surface area (Å²) in [5, 5.41) is 2.92.